The summed E-state index contributed by atoms with van der Waals surface area (Å²) in [6.07, 6.45) is 0.720. The fraction of sp³-hybridized carbons (Fsp3) is 0.333. The summed E-state index contributed by atoms with van der Waals surface area (Å²) in [7, 11) is -4.20. The molecule has 0 aliphatic rings. The fourth-order valence-electron chi connectivity index (χ4n) is 3.91. The molecule has 0 spiro atoms. The molecule has 0 heterocycles. The van der Waals surface area contributed by atoms with Crippen molar-refractivity contribution in [1.82, 2.24) is 10.2 Å². The van der Waals surface area contributed by atoms with Crippen molar-refractivity contribution in [1.29, 1.82) is 0 Å². The Balaban J connectivity index is 2.01. The molecular weight excluding hydrogens is 517 g/mol. The minimum Gasteiger partial charge on any atom is -0.352 e. The van der Waals surface area contributed by atoms with Gasteiger partial charge in [-0.05, 0) is 76.1 Å². The highest BCUT2D eigenvalue weighted by molar-refractivity contribution is 7.92. The minimum atomic E-state index is -4.20. The molecule has 0 saturated heterocycles. The van der Waals surface area contributed by atoms with Gasteiger partial charge in [0, 0.05) is 12.6 Å². The maximum Gasteiger partial charge on any atom is 0.264 e. The predicted octanol–water partition coefficient (Wildman–Crippen LogP) is 4.97. The van der Waals surface area contributed by atoms with Crippen molar-refractivity contribution >= 4 is 27.5 Å². The molecule has 0 aliphatic carbocycles. The van der Waals surface area contributed by atoms with E-state index in [4.69, 9.17) is 0 Å². The van der Waals surface area contributed by atoms with Crippen LogP contribution in [0.3, 0.4) is 0 Å². The molecular formula is C30H36FN3O4S. The third-order valence-corrected chi connectivity index (χ3v) is 8.43. The molecule has 208 valence electrons. The first-order valence-corrected chi connectivity index (χ1v) is 14.4. The molecule has 0 aromatic heterocycles. The van der Waals surface area contributed by atoms with Crippen LogP contribution in [0.1, 0.15) is 43.9 Å². The average Bonchev–Trinajstić information content (AvgIpc) is 2.91. The number of hydrogen-bond acceptors (Lipinski definition) is 4. The number of nitrogens with zero attached hydrogens (tertiary/aromatic N) is 2. The van der Waals surface area contributed by atoms with Gasteiger partial charge in [0.1, 0.15) is 18.4 Å². The van der Waals surface area contributed by atoms with Crippen molar-refractivity contribution in [3.8, 4) is 0 Å². The van der Waals surface area contributed by atoms with Gasteiger partial charge >= 0.3 is 0 Å². The van der Waals surface area contributed by atoms with Crippen molar-refractivity contribution in [3.63, 3.8) is 0 Å². The van der Waals surface area contributed by atoms with E-state index < -0.39 is 34.3 Å². The highest BCUT2D eigenvalue weighted by atomic mass is 32.2. The highest BCUT2D eigenvalue weighted by Crippen LogP contribution is 2.25. The van der Waals surface area contributed by atoms with Gasteiger partial charge in [0.25, 0.3) is 10.0 Å². The normalized spacial score (nSPS) is 12.9. The summed E-state index contributed by atoms with van der Waals surface area (Å²) in [6.45, 7) is 8.77. The third kappa shape index (κ3) is 7.66. The zero-order valence-corrected chi connectivity index (χ0v) is 23.8. The number of amides is 2. The van der Waals surface area contributed by atoms with E-state index in [1.165, 1.54) is 29.2 Å². The van der Waals surface area contributed by atoms with Crippen molar-refractivity contribution in [3.05, 3.63) is 95.3 Å². The lowest BCUT2D eigenvalue weighted by atomic mass is 10.1. The number of aryl methyl sites for hydroxylation is 2. The second kappa shape index (κ2) is 12.9. The molecule has 1 N–H and O–H groups in total. The van der Waals surface area contributed by atoms with E-state index in [1.807, 2.05) is 52.0 Å². The first-order valence-electron chi connectivity index (χ1n) is 12.9. The van der Waals surface area contributed by atoms with E-state index in [1.54, 1.807) is 19.1 Å². The number of halogens is 1. The summed E-state index contributed by atoms with van der Waals surface area (Å²) in [5.41, 5.74) is 2.86. The molecule has 39 heavy (non-hydrogen) atoms. The van der Waals surface area contributed by atoms with E-state index >= 15 is 0 Å². The number of carbonyl (C=O) groups excluding carboxylic acids is 2. The van der Waals surface area contributed by atoms with Gasteiger partial charge < -0.3 is 10.2 Å². The lowest BCUT2D eigenvalue weighted by Crippen LogP contribution is -2.52. The van der Waals surface area contributed by atoms with E-state index in [0.717, 1.165) is 39.5 Å². The maximum absolute atomic E-state index is 13.9. The number of sulfonamides is 1. The molecule has 2 amide bonds. The number of anilines is 1. The second-order valence-corrected chi connectivity index (χ2v) is 11.7. The molecule has 2 unspecified atom stereocenters. The SMILES string of the molecule is CCC(C)NC(=O)C(C)N(Cc1ccc(C)cc1)C(=O)CN(c1ccc(F)cc1)S(=O)(=O)c1ccc(C)cc1. The molecule has 0 bridgehead atoms. The van der Waals surface area contributed by atoms with Crippen LogP contribution in [-0.4, -0.2) is 43.8 Å². The Morgan fingerprint density at radius 1 is 0.872 bits per heavy atom. The molecule has 2 atom stereocenters. The highest BCUT2D eigenvalue weighted by Gasteiger charge is 2.32. The Kier molecular flexibility index (Phi) is 9.86. The Hall–Kier alpha value is -3.72. The van der Waals surface area contributed by atoms with Crippen molar-refractivity contribution in [2.75, 3.05) is 10.8 Å². The van der Waals surface area contributed by atoms with Crippen LogP contribution in [0.15, 0.2) is 77.7 Å². The summed E-state index contributed by atoms with van der Waals surface area (Å²) >= 11 is 0. The smallest absolute Gasteiger partial charge is 0.264 e. The topological polar surface area (TPSA) is 86.8 Å². The van der Waals surface area contributed by atoms with Gasteiger partial charge in [-0.25, -0.2) is 12.8 Å². The van der Waals surface area contributed by atoms with Crippen LogP contribution in [0.5, 0.6) is 0 Å². The molecule has 7 nitrogen and oxygen atoms in total. The van der Waals surface area contributed by atoms with Crippen molar-refractivity contribution in [2.24, 2.45) is 0 Å². The molecule has 0 aliphatic heterocycles. The molecule has 3 rings (SSSR count). The van der Waals surface area contributed by atoms with Crippen molar-refractivity contribution in [2.45, 2.75) is 64.6 Å². The lowest BCUT2D eigenvalue weighted by molar-refractivity contribution is -0.139. The molecule has 9 heteroatoms. The first-order chi connectivity index (χ1) is 18.4. The average molecular weight is 554 g/mol. The largest absolute Gasteiger partial charge is 0.352 e. The zero-order valence-electron chi connectivity index (χ0n) is 23.0. The van der Waals surface area contributed by atoms with Crippen LogP contribution in [0.25, 0.3) is 0 Å². The molecule has 0 saturated carbocycles. The molecule has 3 aromatic rings. The van der Waals surface area contributed by atoms with Crippen LogP contribution in [0, 0.1) is 19.7 Å². The van der Waals surface area contributed by atoms with Crippen LogP contribution >= 0.6 is 0 Å². The Morgan fingerprint density at radius 2 is 1.41 bits per heavy atom. The molecule has 0 radical (unpaired) electrons. The van der Waals surface area contributed by atoms with Gasteiger partial charge in [0.05, 0.1) is 10.6 Å². The zero-order chi connectivity index (χ0) is 28.7. The van der Waals surface area contributed by atoms with E-state index in [0.29, 0.717) is 0 Å². The number of nitrogens with one attached hydrogen (secondary N) is 1. The number of hydrogen-bond donors (Lipinski definition) is 1. The summed E-state index contributed by atoms with van der Waals surface area (Å²) < 4.78 is 42.2. The Labute approximate surface area is 230 Å². The fourth-order valence-corrected chi connectivity index (χ4v) is 5.33. The first kappa shape index (κ1) is 29.8. The van der Waals surface area contributed by atoms with Gasteiger partial charge in [0.15, 0.2) is 0 Å². The van der Waals surface area contributed by atoms with Crippen LogP contribution in [0.2, 0.25) is 0 Å². The third-order valence-electron chi connectivity index (χ3n) is 6.64. The van der Waals surface area contributed by atoms with Crippen LogP contribution < -0.4 is 9.62 Å². The number of benzene rings is 3. The number of carbonyl (C=O) groups is 2. The van der Waals surface area contributed by atoms with Gasteiger partial charge in [-0.1, -0.05) is 54.4 Å². The summed E-state index contributed by atoms with van der Waals surface area (Å²) in [5, 5.41) is 2.91. The van der Waals surface area contributed by atoms with E-state index in [2.05, 4.69) is 5.32 Å². The van der Waals surface area contributed by atoms with Crippen LogP contribution in [-0.2, 0) is 26.2 Å². The molecule has 3 aromatic carbocycles. The van der Waals surface area contributed by atoms with E-state index in [-0.39, 0.29) is 29.1 Å². The lowest BCUT2D eigenvalue weighted by Gasteiger charge is -2.32. The standard InChI is InChI=1S/C30H36FN3O4S/c1-6-23(4)32-30(36)24(5)33(19-25-11-7-21(2)8-12-25)29(35)20-34(27-15-13-26(31)14-16-27)39(37,38)28-17-9-22(3)10-18-28/h7-18,23-24H,6,19-20H2,1-5H3,(H,32,36). The summed E-state index contributed by atoms with van der Waals surface area (Å²) in [5.74, 6) is -1.43. The van der Waals surface area contributed by atoms with Crippen LogP contribution in [0.4, 0.5) is 10.1 Å². The Morgan fingerprint density at radius 3 is 1.95 bits per heavy atom. The van der Waals surface area contributed by atoms with Gasteiger partial charge in [-0.2, -0.15) is 0 Å². The van der Waals surface area contributed by atoms with Gasteiger partial charge in [0.2, 0.25) is 11.8 Å². The summed E-state index contributed by atoms with van der Waals surface area (Å²) in [6, 6.07) is 17.8. The van der Waals surface area contributed by atoms with Gasteiger partial charge in [-0.3, -0.25) is 13.9 Å². The number of rotatable bonds is 11. The minimum absolute atomic E-state index is 0.00197. The van der Waals surface area contributed by atoms with Gasteiger partial charge in [-0.15, -0.1) is 0 Å². The predicted molar refractivity (Wildman–Crippen MR) is 151 cm³/mol. The Bertz CT molecular complexity index is 1380. The maximum atomic E-state index is 13.9. The van der Waals surface area contributed by atoms with Crippen molar-refractivity contribution < 1.29 is 22.4 Å². The monoisotopic (exact) mass is 553 g/mol. The molecule has 0 fully saturated rings. The summed E-state index contributed by atoms with van der Waals surface area (Å²) in [4.78, 5) is 28.3. The second-order valence-electron chi connectivity index (χ2n) is 9.80. The van der Waals surface area contributed by atoms with E-state index in [9.17, 15) is 22.4 Å². The quantitative estimate of drug-likeness (QED) is 0.363.